The lowest BCUT2D eigenvalue weighted by Crippen LogP contribution is -2.30. The number of para-hydroxylation sites is 1. The van der Waals surface area contributed by atoms with Crippen LogP contribution in [0.3, 0.4) is 0 Å². The van der Waals surface area contributed by atoms with Gasteiger partial charge in [0.25, 0.3) is 15.6 Å². The van der Waals surface area contributed by atoms with Gasteiger partial charge in [-0.05, 0) is 61.5 Å². The molecule has 0 radical (unpaired) electrons. The van der Waals surface area contributed by atoms with Crippen LogP contribution in [0.1, 0.15) is 5.82 Å². The smallest absolute Gasteiger partial charge is 0.261 e. The summed E-state index contributed by atoms with van der Waals surface area (Å²) >= 11 is 0. The monoisotopic (exact) mass is 466 g/mol. The average molecular weight is 466 g/mol. The fourth-order valence-electron chi connectivity index (χ4n) is 3.29. The van der Waals surface area contributed by atoms with Crippen LogP contribution in [0.15, 0.2) is 82.5 Å². The maximum Gasteiger partial charge on any atom is 0.261 e. The van der Waals surface area contributed by atoms with Crippen LogP contribution in [-0.4, -0.2) is 23.9 Å². The molecule has 1 aromatic heterocycles. The molecule has 0 aliphatic rings. The Labute approximate surface area is 188 Å². The third kappa shape index (κ3) is 4.90. The molecule has 3 aromatic carbocycles. The number of carbonyl (C=O) groups is 1. The first-order chi connectivity index (χ1) is 15.7. The van der Waals surface area contributed by atoms with Gasteiger partial charge in [-0.15, -0.1) is 0 Å². The molecule has 0 bridgehead atoms. The molecule has 168 valence electrons. The van der Waals surface area contributed by atoms with E-state index in [4.69, 9.17) is 0 Å². The van der Waals surface area contributed by atoms with Gasteiger partial charge in [0.1, 0.15) is 18.2 Å². The lowest BCUT2D eigenvalue weighted by atomic mass is 10.2. The van der Waals surface area contributed by atoms with Gasteiger partial charge >= 0.3 is 0 Å². The van der Waals surface area contributed by atoms with Crippen LogP contribution in [0.2, 0.25) is 0 Å². The minimum absolute atomic E-state index is 0.0597. The van der Waals surface area contributed by atoms with Crippen LogP contribution in [0.25, 0.3) is 10.9 Å². The Kier molecular flexibility index (Phi) is 5.93. The Hall–Kier alpha value is -4.05. The summed E-state index contributed by atoms with van der Waals surface area (Å²) < 4.78 is 41.9. The largest absolute Gasteiger partial charge is 0.325 e. The number of nitrogens with one attached hydrogen (secondary N) is 2. The number of hydrogen-bond acceptors (Lipinski definition) is 5. The second-order valence-electron chi connectivity index (χ2n) is 7.26. The normalized spacial score (nSPS) is 11.3. The molecular formula is C23H19FN4O4S. The van der Waals surface area contributed by atoms with E-state index in [-0.39, 0.29) is 22.7 Å². The van der Waals surface area contributed by atoms with Crippen LogP contribution < -0.4 is 15.6 Å². The number of nitrogens with zero attached hydrogens (tertiary/aromatic N) is 2. The van der Waals surface area contributed by atoms with Gasteiger partial charge in [0.05, 0.1) is 21.5 Å². The zero-order chi connectivity index (χ0) is 23.6. The molecule has 0 saturated heterocycles. The maximum atomic E-state index is 13.3. The molecule has 1 heterocycles. The number of benzene rings is 3. The summed E-state index contributed by atoms with van der Waals surface area (Å²) in [5.41, 5.74) is 0.680. The number of carbonyl (C=O) groups excluding carboxylic acids is 1. The fourth-order valence-corrected chi connectivity index (χ4v) is 4.34. The van der Waals surface area contributed by atoms with Gasteiger partial charge in [0.2, 0.25) is 5.91 Å². The molecule has 0 atom stereocenters. The van der Waals surface area contributed by atoms with Crippen molar-refractivity contribution in [3.05, 3.63) is 94.8 Å². The molecule has 10 heteroatoms. The molecule has 0 spiro atoms. The van der Waals surface area contributed by atoms with Gasteiger partial charge in [0.15, 0.2) is 0 Å². The summed E-state index contributed by atoms with van der Waals surface area (Å²) in [6, 6.07) is 17.5. The van der Waals surface area contributed by atoms with Crippen LogP contribution in [0.4, 0.5) is 15.8 Å². The standard InChI is InChI=1S/C23H19FN4O4S/c1-15-25-21-8-3-2-7-20(21)23(30)28(15)14-22(29)26-17-9-11-19(12-10-17)33(31,32)27-18-6-4-5-16(24)13-18/h2-13,27H,14H2,1H3,(H,26,29). The summed E-state index contributed by atoms with van der Waals surface area (Å²) in [6.07, 6.45) is 0. The third-order valence-corrected chi connectivity index (χ3v) is 6.28. The van der Waals surface area contributed by atoms with Gasteiger partial charge in [-0.2, -0.15) is 0 Å². The third-order valence-electron chi connectivity index (χ3n) is 4.88. The highest BCUT2D eigenvalue weighted by Gasteiger charge is 2.15. The van der Waals surface area contributed by atoms with Crippen molar-refractivity contribution in [1.82, 2.24) is 9.55 Å². The minimum atomic E-state index is -3.94. The molecule has 0 aliphatic heterocycles. The number of anilines is 2. The summed E-state index contributed by atoms with van der Waals surface area (Å²) in [7, 11) is -3.94. The summed E-state index contributed by atoms with van der Waals surface area (Å²) in [6.45, 7) is 1.40. The highest BCUT2D eigenvalue weighted by Crippen LogP contribution is 2.19. The highest BCUT2D eigenvalue weighted by molar-refractivity contribution is 7.92. The molecule has 4 rings (SSSR count). The molecule has 8 nitrogen and oxygen atoms in total. The summed E-state index contributed by atoms with van der Waals surface area (Å²) in [4.78, 5) is 29.5. The van der Waals surface area contributed by atoms with Gasteiger partial charge in [-0.3, -0.25) is 18.9 Å². The number of rotatable bonds is 6. The molecule has 2 N–H and O–H groups in total. The van der Waals surface area contributed by atoms with E-state index in [1.165, 1.54) is 47.0 Å². The van der Waals surface area contributed by atoms with Gasteiger partial charge < -0.3 is 5.32 Å². The van der Waals surface area contributed by atoms with Crippen molar-refractivity contribution < 1.29 is 17.6 Å². The highest BCUT2D eigenvalue weighted by atomic mass is 32.2. The van der Waals surface area contributed by atoms with Crippen LogP contribution >= 0.6 is 0 Å². The Morgan fingerprint density at radius 3 is 2.45 bits per heavy atom. The lowest BCUT2D eigenvalue weighted by Gasteiger charge is -2.12. The SMILES string of the molecule is Cc1nc2ccccc2c(=O)n1CC(=O)Nc1ccc(S(=O)(=O)Nc2cccc(F)c2)cc1. The minimum Gasteiger partial charge on any atom is -0.325 e. The molecular weight excluding hydrogens is 447 g/mol. The second-order valence-corrected chi connectivity index (χ2v) is 8.94. The van der Waals surface area contributed by atoms with E-state index in [1.807, 2.05) is 0 Å². The first kappa shape index (κ1) is 22.2. The Morgan fingerprint density at radius 1 is 1.00 bits per heavy atom. The van der Waals surface area contributed by atoms with E-state index < -0.39 is 21.7 Å². The molecule has 33 heavy (non-hydrogen) atoms. The van der Waals surface area contributed by atoms with Gasteiger partial charge in [0, 0.05) is 5.69 Å². The number of sulfonamides is 1. The predicted molar refractivity (Wildman–Crippen MR) is 123 cm³/mol. The van der Waals surface area contributed by atoms with Crippen LogP contribution in [0.5, 0.6) is 0 Å². The van der Waals surface area contributed by atoms with E-state index >= 15 is 0 Å². The fraction of sp³-hybridized carbons (Fsp3) is 0.0870. The van der Waals surface area contributed by atoms with Gasteiger partial charge in [-0.25, -0.2) is 17.8 Å². The predicted octanol–water partition coefficient (Wildman–Crippen LogP) is 3.28. The zero-order valence-corrected chi connectivity index (χ0v) is 18.3. The lowest BCUT2D eigenvalue weighted by molar-refractivity contribution is -0.116. The first-order valence-electron chi connectivity index (χ1n) is 9.87. The van der Waals surface area contributed by atoms with Crippen molar-refractivity contribution >= 4 is 38.2 Å². The number of amides is 1. The Morgan fingerprint density at radius 2 is 1.73 bits per heavy atom. The van der Waals surface area contributed by atoms with Crippen molar-refractivity contribution in [2.45, 2.75) is 18.4 Å². The molecule has 0 unspecified atom stereocenters. The van der Waals surface area contributed by atoms with E-state index in [0.717, 1.165) is 6.07 Å². The zero-order valence-electron chi connectivity index (χ0n) is 17.4. The van der Waals surface area contributed by atoms with Crippen LogP contribution in [0, 0.1) is 12.7 Å². The second kappa shape index (κ2) is 8.83. The topological polar surface area (TPSA) is 110 Å². The Balaban J connectivity index is 1.48. The summed E-state index contributed by atoms with van der Waals surface area (Å²) in [5, 5.41) is 3.05. The summed E-state index contributed by atoms with van der Waals surface area (Å²) in [5.74, 6) is -0.631. The number of aromatic nitrogens is 2. The molecule has 0 saturated carbocycles. The number of hydrogen-bond donors (Lipinski definition) is 2. The van der Waals surface area contributed by atoms with Crippen molar-refractivity contribution in [2.75, 3.05) is 10.0 Å². The quantitative estimate of drug-likeness (QED) is 0.453. The average Bonchev–Trinajstić information content (AvgIpc) is 2.77. The van der Waals surface area contributed by atoms with Crippen molar-refractivity contribution in [3.63, 3.8) is 0 Å². The Bertz CT molecular complexity index is 1520. The van der Waals surface area contributed by atoms with E-state index in [1.54, 1.807) is 31.2 Å². The molecule has 4 aromatic rings. The van der Waals surface area contributed by atoms with Crippen molar-refractivity contribution in [3.8, 4) is 0 Å². The van der Waals surface area contributed by atoms with Gasteiger partial charge in [-0.1, -0.05) is 18.2 Å². The molecule has 1 amide bonds. The first-order valence-corrected chi connectivity index (χ1v) is 11.4. The maximum absolute atomic E-state index is 13.3. The molecule has 0 aliphatic carbocycles. The number of halogens is 1. The van der Waals surface area contributed by atoms with Crippen molar-refractivity contribution in [2.24, 2.45) is 0 Å². The van der Waals surface area contributed by atoms with Crippen molar-refractivity contribution in [1.29, 1.82) is 0 Å². The van der Waals surface area contributed by atoms with E-state index in [2.05, 4.69) is 15.0 Å². The van der Waals surface area contributed by atoms with E-state index in [0.29, 0.717) is 22.4 Å². The van der Waals surface area contributed by atoms with Crippen LogP contribution in [-0.2, 0) is 21.4 Å². The number of aryl methyl sites for hydroxylation is 1. The number of fused-ring (bicyclic) bond motifs is 1. The molecule has 0 fully saturated rings. The van der Waals surface area contributed by atoms with E-state index in [9.17, 15) is 22.4 Å².